The van der Waals surface area contributed by atoms with Crippen LogP contribution in [0.25, 0.3) is 0 Å². The molecule has 0 aromatic heterocycles. The van der Waals surface area contributed by atoms with E-state index in [-0.39, 0.29) is 16.8 Å². The van der Waals surface area contributed by atoms with Crippen LogP contribution in [-0.4, -0.2) is 32.9 Å². The number of unbranched alkanes of at least 4 members (excludes halogenated alkanes) is 1. The summed E-state index contributed by atoms with van der Waals surface area (Å²) in [5, 5.41) is 0. The van der Waals surface area contributed by atoms with Crippen molar-refractivity contribution in [3.05, 3.63) is 35.9 Å². The van der Waals surface area contributed by atoms with Gasteiger partial charge < -0.3 is 14.2 Å². The Balaban J connectivity index is 2.45. The number of rotatable bonds is 13. The van der Waals surface area contributed by atoms with E-state index in [9.17, 15) is 4.79 Å². The highest BCUT2D eigenvalue weighted by atomic mass is 16.5. The van der Waals surface area contributed by atoms with Crippen molar-refractivity contribution in [1.29, 1.82) is 0 Å². The van der Waals surface area contributed by atoms with Crippen molar-refractivity contribution in [2.24, 2.45) is 10.8 Å². The minimum Gasteiger partial charge on any atom is -0.465 e. The third kappa shape index (κ3) is 9.35. The standard InChI is InChI=1S/C22H36O4/c1-6-7-13-21(2,3)14-20(23)26-18-22(4,16-24-5)17-25-15-19-11-9-8-10-12-19/h8-12H,6-7,13-18H2,1-5H3. The van der Waals surface area contributed by atoms with Crippen LogP contribution in [-0.2, 0) is 25.6 Å². The fourth-order valence-electron chi connectivity index (χ4n) is 2.90. The third-order valence-electron chi connectivity index (χ3n) is 4.47. The first kappa shape index (κ1) is 22.7. The zero-order chi connectivity index (χ0) is 19.5. The fraction of sp³-hybridized carbons (Fsp3) is 0.682. The monoisotopic (exact) mass is 364 g/mol. The predicted molar refractivity (Wildman–Crippen MR) is 105 cm³/mol. The molecule has 0 bridgehead atoms. The van der Waals surface area contributed by atoms with Gasteiger partial charge in [0.15, 0.2) is 0 Å². The van der Waals surface area contributed by atoms with E-state index in [1.807, 2.05) is 37.3 Å². The van der Waals surface area contributed by atoms with Crippen LogP contribution >= 0.6 is 0 Å². The molecule has 1 aromatic rings. The number of ether oxygens (including phenoxy) is 3. The zero-order valence-corrected chi connectivity index (χ0v) is 17.2. The molecule has 26 heavy (non-hydrogen) atoms. The highest BCUT2D eigenvalue weighted by molar-refractivity contribution is 5.70. The first-order valence-corrected chi connectivity index (χ1v) is 9.56. The number of methoxy groups -OCH3 is 1. The van der Waals surface area contributed by atoms with E-state index in [4.69, 9.17) is 14.2 Å². The topological polar surface area (TPSA) is 44.8 Å². The van der Waals surface area contributed by atoms with Gasteiger partial charge in [-0.1, -0.05) is 70.9 Å². The largest absolute Gasteiger partial charge is 0.465 e. The summed E-state index contributed by atoms with van der Waals surface area (Å²) in [6, 6.07) is 10.0. The minimum atomic E-state index is -0.354. The Morgan fingerprint density at radius 1 is 1.04 bits per heavy atom. The first-order chi connectivity index (χ1) is 12.3. The second-order valence-corrected chi connectivity index (χ2v) is 8.33. The number of benzene rings is 1. The molecule has 0 spiro atoms. The molecule has 0 aliphatic carbocycles. The van der Waals surface area contributed by atoms with Gasteiger partial charge >= 0.3 is 5.97 Å². The molecule has 1 unspecified atom stereocenters. The van der Waals surface area contributed by atoms with Crippen LogP contribution in [0.3, 0.4) is 0 Å². The van der Waals surface area contributed by atoms with Crippen molar-refractivity contribution in [2.75, 3.05) is 26.9 Å². The smallest absolute Gasteiger partial charge is 0.306 e. The molecule has 0 fully saturated rings. The Kier molecular flexibility index (Phi) is 9.89. The van der Waals surface area contributed by atoms with Crippen molar-refractivity contribution in [3.63, 3.8) is 0 Å². The summed E-state index contributed by atoms with van der Waals surface area (Å²) in [6.45, 7) is 10.2. The summed E-state index contributed by atoms with van der Waals surface area (Å²) in [7, 11) is 1.66. The van der Waals surface area contributed by atoms with Gasteiger partial charge in [0, 0.05) is 12.5 Å². The van der Waals surface area contributed by atoms with Gasteiger partial charge in [0.2, 0.25) is 0 Å². The van der Waals surface area contributed by atoms with Gasteiger partial charge in [-0.05, 0) is 17.4 Å². The summed E-state index contributed by atoms with van der Waals surface area (Å²) in [4.78, 5) is 12.3. The second-order valence-electron chi connectivity index (χ2n) is 8.33. The number of carbonyl (C=O) groups excluding carboxylic acids is 1. The van der Waals surface area contributed by atoms with Crippen LogP contribution in [0.4, 0.5) is 0 Å². The molecule has 0 amide bonds. The molecule has 0 radical (unpaired) electrons. The number of esters is 1. The van der Waals surface area contributed by atoms with E-state index < -0.39 is 0 Å². The molecule has 1 aromatic carbocycles. The second kappa shape index (κ2) is 11.3. The molecular formula is C22H36O4. The molecule has 4 heteroatoms. The van der Waals surface area contributed by atoms with Crippen molar-refractivity contribution >= 4 is 5.97 Å². The molecule has 0 N–H and O–H groups in total. The van der Waals surface area contributed by atoms with E-state index in [2.05, 4.69) is 20.8 Å². The summed E-state index contributed by atoms with van der Waals surface area (Å²) in [5.74, 6) is -0.142. The number of hydrogen-bond donors (Lipinski definition) is 0. The molecule has 1 atom stereocenters. The van der Waals surface area contributed by atoms with Crippen molar-refractivity contribution < 1.29 is 19.0 Å². The van der Waals surface area contributed by atoms with Crippen LogP contribution in [0, 0.1) is 10.8 Å². The van der Waals surface area contributed by atoms with Crippen molar-refractivity contribution in [3.8, 4) is 0 Å². The lowest BCUT2D eigenvalue weighted by molar-refractivity contribution is -0.152. The first-order valence-electron chi connectivity index (χ1n) is 9.56. The normalized spacial score (nSPS) is 14.0. The number of hydrogen-bond acceptors (Lipinski definition) is 4. The molecular weight excluding hydrogens is 328 g/mol. The molecule has 148 valence electrons. The zero-order valence-electron chi connectivity index (χ0n) is 17.2. The minimum absolute atomic E-state index is 0.0193. The SMILES string of the molecule is CCCCC(C)(C)CC(=O)OCC(C)(COC)COCc1ccccc1. The quantitative estimate of drug-likeness (QED) is 0.462. The van der Waals surface area contributed by atoms with Gasteiger partial charge in [0.25, 0.3) is 0 Å². The molecule has 0 aliphatic rings. The van der Waals surface area contributed by atoms with Gasteiger partial charge in [0.05, 0.1) is 26.2 Å². The van der Waals surface area contributed by atoms with E-state index in [0.717, 1.165) is 24.8 Å². The predicted octanol–water partition coefficient (Wildman–Crippen LogP) is 5.01. The summed E-state index contributed by atoms with van der Waals surface area (Å²) in [6.07, 6.45) is 3.76. The molecule has 0 aliphatic heterocycles. The summed E-state index contributed by atoms with van der Waals surface area (Å²) in [5.41, 5.74) is 0.753. The van der Waals surface area contributed by atoms with E-state index in [1.165, 1.54) is 0 Å². The third-order valence-corrected chi connectivity index (χ3v) is 4.47. The Hall–Kier alpha value is -1.39. The maximum atomic E-state index is 12.3. The average Bonchev–Trinajstić information content (AvgIpc) is 2.59. The highest BCUT2D eigenvalue weighted by Gasteiger charge is 2.29. The molecule has 4 nitrogen and oxygen atoms in total. The Morgan fingerprint density at radius 2 is 1.73 bits per heavy atom. The van der Waals surface area contributed by atoms with Gasteiger partial charge in [-0.25, -0.2) is 0 Å². The Labute approximate surface area is 159 Å². The van der Waals surface area contributed by atoms with Gasteiger partial charge in [0.1, 0.15) is 6.61 Å². The van der Waals surface area contributed by atoms with Crippen molar-refractivity contribution in [2.45, 2.75) is 60.0 Å². The van der Waals surface area contributed by atoms with Gasteiger partial charge in [-0.3, -0.25) is 4.79 Å². The van der Waals surface area contributed by atoms with Crippen molar-refractivity contribution in [1.82, 2.24) is 0 Å². The highest BCUT2D eigenvalue weighted by Crippen LogP contribution is 2.28. The maximum Gasteiger partial charge on any atom is 0.306 e. The van der Waals surface area contributed by atoms with Crippen LogP contribution in [0.15, 0.2) is 30.3 Å². The lowest BCUT2D eigenvalue weighted by Crippen LogP contribution is -2.35. The van der Waals surface area contributed by atoms with Crippen LogP contribution in [0.2, 0.25) is 0 Å². The maximum absolute atomic E-state index is 12.3. The summed E-state index contributed by atoms with van der Waals surface area (Å²) >= 11 is 0. The summed E-state index contributed by atoms with van der Waals surface area (Å²) < 4.78 is 16.8. The van der Waals surface area contributed by atoms with Gasteiger partial charge in [-0.15, -0.1) is 0 Å². The Bertz CT molecular complexity index is 512. The Morgan fingerprint density at radius 3 is 2.35 bits per heavy atom. The molecule has 0 heterocycles. The number of carbonyl (C=O) groups is 1. The fourth-order valence-corrected chi connectivity index (χ4v) is 2.90. The lowest BCUT2D eigenvalue weighted by atomic mass is 9.84. The van der Waals surface area contributed by atoms with Crippen LogP contribution < -0.4 is 0 Å². The molecule has 0 saturated heterocycles. The van der Waals surface area contributed by atoms with E-state index in [0.29, 0.717) is 32.8 Å². The van der Waals surface area contributed by atoms with E-state index in [1.54, 1.807) is 7.11 Å². The lowest BCUT2D eigenvalue weighted by Gasteiger charge is -2.29. The van der Waals surface area contributed by atoms with Crippen LogP contribution in [0.5, 0.6) is 0 Å². The van der Waals surface area contributed by atoms with E-state index >= 15 is 0 Å². The molecule has 0 saturated carbocycles. The average molecular weight is 365 g/mol. The van der Waals surface area contributed by atoms with Crippen LogP contribution in [0.1, 0.15) is 58.9 Å². The van der Waals surface area contributed by atoms with Gasteiger partial charge in [-0.2, -0.15) is 0 Å². The molecule has 1 rings (SSSR count).